The second-order valence-electron chi connectivity index (χ2n) is 10.1. The minimum absolute atomic E-state index is 0.151. The first-order valence-electron chi connectivity index (χ1n) is 12.6. The molecule has 3 aromatic rings. The normalized spacial score (nSPS) is 15.4. The molecule has 0 spiro atoms. The summed E-state index contributed by atoms with van der Waals surface area (Å²) in [4.78, 5) is 31.1. The van der Waals surface area contributed by atoms with Gasteiger partial charge in [0.2, 0.25) is 0 Å². The molecule has 7 nitrogen and oxygen atoms in total. The maximum absolute atomic E-state index is 13.4. The van der Waals surface area contributed by atoms with E-state index in [4.69, 9.17) is 18.9 Å². The summed E-state index contributed by atoms with van der Waals surface area (Å²) in [5, 5.41) is 3.68. The summed E-state index contributed by atoms with van der Waals surface area (Å²) in [6.07, 6.45) is 6.13. The third-order valence-corrected chi connectivity index (χ3v) is 7.75. The first kappa shape index (κ1) is 26.7. The van der Waals surface area contributed by atoms with Crippen LogP contribution in [0.25, 0.3) is 0 Å². The van der Waals surface area contributed by atoms with Crippen LogP contribution in [0, 0.1) is 11.3 Å². The van der Waals surface area contributed by atoms with Gasteiger partial charge < -0.3 is 19.2 Å². The second-order valence-corrected chi connectivity index (χ2v) is 11.2. The van der Waals surface area contributed by atoms with Gasteiger partial charge in [-0.05, 0) is 67.3 Å². The Morgan fingerprint density at radius 1 is 1.22 bits per heavy atom. The maximum Gasteiger partial charge on any atom is 0.344 e. The van der Waals surface area contributed by atoms with E-state index in [0.717, 1.165) is 24.8 Å². The lowest BCUT2D eigenvalue weighted by Gasteiger charge is -2.33. The molecule has 0 fully saturated rings. The van der Waals surface area contributed by atoms with Gasteiger partial charge in [-0.3, -0.25) is 4.79 Å². The zero-order valence-corrected chi connectivity index (χ0v) is 22.7. The number of ether oxygens (including phenoxy) is 2. The number of rotatable bonds is 9. The quantitative estimate of drug-likeness (QED) is 0.270. The molecule has 0 aliphatic heterocycles. The van der Waals surface area contributed by atoms with Crippen molar-refractivity contribution in [3.8, 4) is 5.75 Å². The molecule has 1 N–H and O–H groups in total. The van der Waals surface area contributed by atoms with Crippen molar-refractivity contribution in [2.24, 2.45) is 16.3 Å². The Bertz CT molecular complexity index is 1250. The van der Waals surface area contributed by atoms with Crippen molar-refractivity contribution in [2.45, 2.75) is 53.5 Å². The number of nitrogens with zero attached hydrogens (tertiary/aromatic N) is 1. The number of esters is 1. The Morgan fingerprint density at radius 2 is 2.03 bits per heavy atom. The van der Waals surface area contributed by atoms with Crippen LogP contribution < -0.4 is 10.1 Å². The van der Waals surface area contributed by atoms with Crippen molar-refractivity contribution in [1.82, 2.24) is 5.32 Å². The summed E-state index contributed by atoms with van der Waals surface area (Å²) in [5.41, 5.74) is 2.65. The van der Waals surface area contributed by atoms with E-state index in [0.29, 0.717) is 46.7 Å². The molecule has 0 saturated carbocycles. The number of aliphatic imine (C=N–C) groups is 1. The molecule has 1 aliphatic rings. The molecule has 37 heavy (non-hydrogen) atoms. The van der Waals surface area contributed by atoms with Crippen LogP contribution in [-0.4, -0.2) is 31.3 Å². The number of amides is 1. The van der Waals surface area contributed by atoms with Gasteiger partial charge in [0.1, 0.15) is 16.5 Å². The zero-order chi connectivity index (χ0) is 26.4. The van der Waals surface area contributed by atoms with E-state index >= 15 is 0 Å². The first-order chi connectivity index (χ1) is 17.8. The second kappa shape index (κ2) is 11.8. The highest BCUT2D eigenvalue weighted by molar-refractivity contribution is 7.16. The molecule has 1 aromatic carbocycles. The summed E-state index contributed by atoms with van der Waals surface area (Å²) >= 11 is 1.59. The van der Waals surface area contributed by atoms with Crippen molar-refractivity contribution in [1.29, 1.82) is 0 Å². The fourth-order valence-corrected chi connectivity index (χ4v) is 5.76. The Labute approximate surface area is 221 Å². The lowest BCUT2D eigenvalue weighted by Crippen LogP contribution is -2.28. The molecular weight excluding hydrogens is 488 g/mol. The van der Waals surface area contributed by atoms with Crippen LogP contribution in [-0.2, 0) is 28.9 Å². The maximum atomic E-state index is 13.4. The smallest absolute Gasteiger partial charge is 0.344 e. The number of nitrogens with one attached hydrogen (secondary N) is 1. The highest BCUT2D eigenvalue weighted by Crippen LogP contribution is 2.45. The van der Waals surface area contributed by atoms with Crippen molar-refractivity contribution in [2.75, 3.05) is 13.2 Å². The molecule has 2 heterocycles. The van der Waals surface area contributed by atoms with Gasteiger partial charge in [-0.25, -0.2) is 9.79 Å². The predicted octanol–water partition coefficient (Wildman–Crippen LogP) is 6.11. The SMILES string of the molecule is CCOC(=O)COc1ccccc1C=Nc1sc2c(c1C(=O)NCc1ccco1)CC[C@H](C(C)(C)C)C2. The van der Waals surface area contributed by atoms with E-state index in [2.05, 4.69) is 26.1 Å². The number of furan rings is 1. The Morgan fingerprint density at radius 3 is 2.76 bits per heavy atom. The molecule has 1 amide bonds. The molecule has 0 saturated heterocycles. The molecule has 4 rings (SSSR count). The van der Waals surface area contributed by atoms with E-state index in [1.807, 2.05) is 24.3 Å². The summed E-state index contributed by atoms with van der Waals surface area (Å²) in [6, 6.07) is 11.0. The highest BCUT2D eigenvalue weighted by atomic mass is 32.1. The van der Waals surface area contributed by atoms with Gasteiger partial charge in [-0.15, -0.1) is 11.3 Å². The van der Waals surface area contributed by atoms with Gasteiger partial charge in [0.05, 0.1) is 25.0 Å². The average Bonchev–Trinajstić information content (AvgIpc) is 3.52. The number of fused-ring (bicyclic) bond motifs is 1. The fourth-order valence-electron chi connectivity index (χ4n) is 4.49. The summed E-state index contributed by atoms with van der Waals surface area (Å²) < 4.78 is 16.0. The zero-order valence-electron chi connectivity index (χ0n) is 21.8. The first-order valence-corrected chi connectivity index (χ1v) is 13.4. The summed E-state index contributed by atoms with van der Waals surface area (Å²) in [7, 11) is 0. The lowest BCUT2D eigenvalue weighted by atomic mass is 9.72. The summed E-state index contributed by atoms with van der Waals surface area (Å²) in [5.74, 6) is 1.19. The Hall–Kier alpha value is -3.39. The van der Waals surface area contributed by atoms with Crippen LogP contribution in [0.1, 0.15) is 66.2 Å². The van der Waals surface area contributed by atoms with Crippen molar-refractivity contribution < 1.29 is 23.5 Å². The number of carbonyl (C=O) groups excluding carboxylic acids is 2. The van der Waals surface area contributed by atoms with Gasteiger partial charge >= 0.3 is 5.97 Å². The highest BCUT2D eigenvalue weighted by Gasteiger charge is 2.33. The molecule has 8 heteroatoms. The van der Waals surface area contributed by atoms with Crippen LogP contribution in [0.4, 0.5) is 5.00 Å². The number of carbonyl (C=O) groups is 2. The Balaban J connectivity index is 1.61. The number of para-hydroxylation sites is 1. The molecule has 1 atom stereocenters. The molecule has 196 valence electrons. The van der Waals surface area contributed by atoms with Crippen LogP contribution >= 0.6 is 11.3 Å². The largest absolute Gasteiger partial charge is 0.481 e. The van der Waals surface area contributed by atoms with E-state index < -0.39 is 5.97 Å². The molecule has 0 unspecified atom stereocenters. The van der Waals surface area contributed by atoms with E-state index in [1.54, 1.807) is 42.9 Å². The van der Waals surface area contributed by atoms with Crippen molar-refractivity contribution >= 4 is 34.4 Å². The third-order valence-electron chi connectivity index (χ3n) is 6.59. The Kier molecular flexibility index (Phi) is 8.48. The van der Waals surface area contributed by atoms with Gasteiger partial charge in [0.15, 0.2) is 6.61 Å². The van der Waals surface area contributed by atoms with E-state index in [9.17, 15) is 9.59 Å². The van der Waals surface area contributed by atoms with Crippen LogP contribution in [0.2, 0.25) is 0 Å². The fraction of sp³-hybridized carbons (Fsp3) is 0.414. The van der Waals surface area contributed by atoms with Crippen LogP contribution in [0.5, 0.6) is 5.75 Å². The van der Waals surface area contributed by atoms with Gasteiger partial charge in [0.25, 0.3) is 5.91 Å². The minimum Gasteiger partial charge on any atom is -0.481 e. The molecule has 0 radical (unpaired) electrons. The topological polar surface area (TPSA) is 90.1 Å². The number of benzene rings is 1. The van der Waals surface area contributed by atoms with Crippen LogP contribution in [0.3, 0.4) is 0 Å². The molecule has 2 aromatic heterocycles. The lowest BCUT2D eigenvalue weighted by molar-refractivity contribution is -0.145. The third kappa shape index (κ3) is 6.68. The number of thiophene rings is 1. The number of hydrogen-bond acceptors (Lipinski definition) is 7. The van der Waals surface area contributed by atoms with Crippen LogP contribution in [0.15, 0.2) is 52.1 Å². The van der Waals surface area contributed by atoms with Gasteiger partial charge in [-0.1, -0.05) is 32.9 Å². The molecule has 1 aliphatic carbocycles. The van der Waals surface area contributed by atoms with Gasteiger partial charge in [0, 0.05) is 16.7 Å². The van der Waals surface area contributed by atoms with Crippen molar-refractivity contribution in [3.63, 3.8) is 0 Å². The van der Waals surface area contributed by atoms with Gasteiger partial charge in [-0.2, -0.15) is 0 Å². The van der Waals surface area contributed by atoms with E-state index in [1.165, 1.54) is 4.88 Å². The standard InChI is InChI=1S/C29H34N2O5S/c1-5-34-25(32)18-36-23-11-7-6-9-19(23)16-31-28-26(27(33)30-17-21-10-8-14-35-21)22-13-12-20(29(2,3)4)15-24(22)37-28/h6-11,14,16,20H,5,12-13,15,17-18H2,1-4H3,(H,30,33)/t20-/m0/s1. The molecule has 0 bridgehead atoms. The van der Waals surface area contributed by atoms with E-state index in [-0.39, 0.29) is 17.9 Å². The monoisotopic (exact) mass is 522 g/mol. The van der Waals surface area contributed by atoms with Crippen molar-refractivity contribution in [3.05, 3.63) is 70.0 Å². The predicted molar refractivity (Wildman–Crippen MR) is 145 cm³/mol. The average molecular weight is 523 g/mol. The number of hydrogen-bond donors (Lipinski definition) is 1. The minimum atomic E-state index is -0.427. The summed E-state index contributed by atoms with van der Waals surface area (Å²) in [6.45, 7) is 9.02. The molecular formula is C29H34N2O5S.